The lowest BCUT2D eigenvalue weighted by molar-refractivity contribution is -0.767. The van der Waals surface area contributed by atoms with Gasteiger partial charge in [0.2, 0.25) is 16.9 Å². The van der Waals surface area contributed by atoms with E-state index in [0.717, 1.165) is 13.0 Å². The maximum atomic E-state index is 2.60. The van der Waals surface area contributed by atoms with E-state index in [0.29, 0.717) is 0 Å². The van der Waals surface area contributed by atoms with Gasteiger partial charge in [-0.1, -0.05) is 54.6 Å². The maximum Gasteiger partial charge on any atom is 0.213 e. The highest BCUT2D eigenvalue weighted by atomic mass is 15.1. The van der Waals surface area contributed by atoms with Gasteiger partial charge in [0.15, 0.2) is 18.9 Å². The van der Waals surface area contributed by atoms with Gasteiger partial charge in [-0.05, 0) is 66.4 Å². The molecule has 3 nitrogen and oxygen atoms in total. The lowest BCUT2D eigenvalue weighted by atomic mass is 9.46. The van der Waals surface area contributed by atoms with Crippen LogP contribution in [0.2, 0.25) is 0 Å². The van der Waals surface area contributed by atoms with Gasteiger partial charge in [0.25, 0.3) is 0 Å². The summed E-state index contributed by atoms with van der Waals surface area (Å²) in [7, 11) is 0. The molecule has 4 aromatic carbocycles. The van der Waals surface area contributed by atoms with Crippen molar-refractivity contribution in [3.8, 4) is 22.5 Å². The van der Waals surface area contributed by atoms with Gasteiger partial charge in [0.1, 0.15) is 0 Å². The van der Waals surface area contributed by atoms with E-state index in [1.165, 1.54) is 77.3 Å². The average Bonchev–Trinajstić information content (AvgIpc) is 3.60. The number of rotatable bonds is 0. The molecule has 6 heterocycles. The smallest absolute Gasteiger partial charge is 0.213 e. The Bertz CT molecular complexity index is 2640. The van der Waals surface area contributed by atoms with E-state index in [1.807, 2.05) is 0 Å². The Morgan fingerprint density at radius 3 is 2.24 bits per heavy atom. The summed E-state index contributed by atoms with van der Waals surface area (Å²) < 4.78 is 7.61. The first kappa shape index (κ1) is 24.1. The van der Waals surface area contributed by atoms with E-state index in [-0.39, 0.29) is 11.0 Å². The standard InChI is InChI=1S/C42H31N3/c1-41-33-24-39-31(30-16-11-15-29-28-14-5-6-19-38(28)45(39)40(29)30)23-32(33)37-18-8-10-21-44(37)42(41,2)35-25-43-20-9-7-17-36(43)27-13-4-3-12-26(27)22-34(35)41/h3-21,23-24H,22,25H2,1-2H3/q+2. The fraction of sp³-hybridized carbons (Fsp3) is 0.143. The lowest BCUT2D eigenvalue weighted by Gasteiger charge is -2.56. The zero-order valence-electron chi connectivity index (χ0n) is 25.4. The van der Waals surface area contributed by atoms with Crippen LogP contribution < -0.4 is 9.13 Å². The van der Waals surface area contributed by atoms with Gasteiger partial charge in [-0.25, -0.2) is 0 Å². The molecule has 11 rings (SSSR count). The van der Waals surface area contributed by atoms with Crippen LogP contribution in [-0.2, 0) is 23.9 Å². The molecule has 2 aliphatic heterocycles. The number of hydrogen-bond acceptors (Lipinski definition) is 0. The van der Waals surface area contributed by atoms with Crippen molar-refractivity contribution in [2.24, 2.45) is 0 Å². The molecule has 0 spiro atoms. The van der Waals surface area contributed by atoms with E-state index < -0.39 is 0 Å². The van der Waals surface area contributed by atoms with Crippen LogP contribution in [0.25, 0.3) is 60.6 Å². The maximum absolute atomic E-state index is 2.60. The Labute approximate surface area is 261 Å². The Morgan fingerprint density at radius 2 is 1.33 bits per heavy atom. The SMILES string of the molecule is CC12C3=C(C[n+]4ccccc4-c4ccccc4C3)C1(C)[n+]1ccccc1-c1cc3c4cccc5c6ccccc6n(c3cc12)c54. The van der Waals surface area contributed by atoms with Crippen LogP contribution in [0.4, 0.5) is 0 Å². The van der Waals surface area contributed by atoms with Gasteiger partial charge in [0, 0.05) is 58.3 Å². The van der Waals surface area contributed by atoms with Crippen LogP contribution >= 0.6 is 0 Å². The fourth-order valence-electron chi connectivity index (χ4n) is 9.77. The summed E-state index contributed by atoms with van der Waals surface area (Å²) in [5, 5.41) is 5.34. The molecule has 0 fully saturated rings. The summed E-state index contributed by atoms with van der Waals surface area (Å²) in [6.45, 7) is 5.92. The van der Waals surface area contributed by atoms with Crippen molar-refractivity contribution in [3.05, 3.63) is 150 Å². The molecule has 1 aliphatic carbocycles. The molecule has 0 amide bonds. The molecule has 0 saturated heterocycles. The third-order valence-electron chi connectivity index (χ3n) is 12.0. The Morgan fingerprint density at radius 1 is 0.600 bits per heavy atom. The molecule has 3 aliphatic rings. The number of allylic oxidation sites excluding steroid dienone is 2. The molecule has 45 heavy (non-hydrogen) atoms. The summed E-state index contributed by atoms with van der Waals surface area (Å²) in [5.41, 5.74) is 14.8. The average molecular weight is 578 g/mol. The van der Waals surface area contributed by atoms with E-state index in [2.05, 4.69) is 155 Å². The highest BCUT2D eigenvalue weighted by Gasteiger charge is 2.71. The van der Waals surface area contributed by atoms with Crippen LogP contribution in [0.15, 0.2) is 139 Å². The highest BCUT2D eigenvalue weighted by Crippen LogP contribution is 2.63. The van der Waals surface area contributed by atoms with Crippen molar-refractivity contribution in [1.29, 1.82) is 0 Å². The van der Waals surface area contributed by atoms with Crippen molar-refractivity contribution in [3.63, 3.8) is 0 Å². The molecular weight excluding hydrogens is 546 g/mol. The zero-order valence-corrected chi connectivity index (χ0v) is 25.4. The third-order valence-corrected chi connectivity index (χ3v) is 12.0. The van der Waals surface area contributed by atoms with E-state index >= 15 is 0 Å². The molecule has 0 bridgehead atoms. The van der Waals surface area contributed by atoms with Crippen molar-refractivity contribution < 1.29 is 9.13 Å². The van der Waals surface area contributed by atoms with Gasteiger partial charge in [0.05, 0.1) is 33.1 Å². The fourth-order valence-corrected chi connectivity index (χ4v) is 9.77. The second kappa shape index (κ2) is 7.86. The molecule has 3 heteroatoms. The van der Waals surface area contributed by atoms with Gasteiger partial charge in [-0.2, -0.15) is 9.13 Å². The van der Waals surface area contributed by atoms with Crippen LogP contribution in [0, 0.1) is 0 Å². The van der Waals surface area contributed by atoms with Crippen LogP contribution in [-0.4, -0.2) is 4.40 Å². The topological polar surface area (TPSA) is 12.2 Å². The van der Waals surface area contributed by atoms with Crippen molar-refractivity contribution in [2.75, 3.05) is 0 Å². The second-order valence-electron chi connectivity index (χ2n) is 13.6. The number of para-hydroxylation sites is 2. The largest absolute Gasteiger partial charge is 0.308 e. The number of fused-ring (bicyclic) bond motifs is 17. The van der Waals surface area contributed by atoms with Crippen molar-refractivity contribution in [1.82, 2.24) is 4.40 Å². The molecule has 2 unspecified atom stereocenters. The van der Waals surface area contributed by atoms with Gasteiger partial charge >= 0.3 is 0 Å². The minimum atomic E-state index is -0.202. The third kappa shape index (κ3) is 2.60. The number of pyridine rings is 2. The predicted octanol–water partition coefficient (Wildman–Crippen LogP) is 8.30. The Hall–Kier alpha value is -5.28. The summed E-state index contributed by atoms with van der Waals surface area (Å²) in [5.74, 6) is 0. The van der Waals surface area contributed by atoms with Crippen LogP contribution in [0.1, 0.15) is 25.0 Å². The van der Waals surface area contributed by atoms with E-state index in [9.17, 15) is 0 Å². The molecule has 0 saturated carbocycles. The summed E-state index contributed by atoms with van der Waals surface area (Å²) >= 11 is 0. The molecule has 0 radical (unpaired) electrons. The second-order valence-corrected chi connectivity index (χ2v) is 13.6. The van der Waals surface area contributed by atoms with Crippen molar-refractivity contribution >= 4 is 38.1 Å². The van der Waals surface area contributed by atoms with Gasteiger partial charge in [-0.3, -0.25) is 0 Å². The number of aromatic nitrogens is 3. The Balaban J connectivity index is 1.28. The van der Waals surface area contributed by atoms with E-state index in [4.69, 9.17) is 0 Å². The zero-order chi connectivity index (χ0) is 29.7. The highest BCUT2D eigenvalue weighted by molar-refractivity contribution is 6.23. The summed E-state index contributed by atoms with van der Waals surface area (Å²) in [6.07, 6.45) is 5.55. The first-order chi connectivity index (χ1) is 22.1. The van der Waals surface area contributed by atoms with Gasteiger partial charge in [-0.15, -0.1) is 0 Å². The summed E-state index contributed by atoms with van der Waals surface area (Å²) in [4.78, 5) is 0. The number of hydrogen-bond donors (Lipinski definition) is 0. The lowest BCUT2D eigenvalue weighted by Crippen LogP contribution is -2.76. The monoisotopic (exact) mass is 577 g/mol. The predicted molar refractivity (Wildman–Crippen MR) is 181 cm³/mol. The molecule has 4 aromatic heterocycles. The first-order valence-corrected chi connectivity index (χ1v) is 16.1. The first-order valence-electron chi connectivity index (χ1n) is 16.1. The molecular formula is C42H31N3+2. The van der Waals surface area contributed by atoms with Crippen LogP contribution in [0.5, 0.6) is 0 Å². The molecule has 212 valence electrons. The van der Waals surface area contributed by atoms with E-state index in [1.54, 1.807) is 5.57 Å². The van der Waals surface area contributed by atoms with Crippen molar-refractivity contribution in [2.45, 2.75) is 37.8 Å². The molecule has 8 aromatic rings. The number of nitrogens with zero attached hydrogens (tertiary/aromatic N) is 3. The number of benzene rings is 4. The minimum Gasteiger partial charge on any atom is -0.308 e. The normalized spacial score (nSPS) is 21.5. The molecule has 0 N–H and O–H groups in total. The minimum absolute atomic E-state index is 0.178. The molecule has 2 atom stereocenters. The van der Waals surface area contributed by atoms with Crippen LogP contribution in [0.3, 0.4) is 0 Å². The Kier molecular flexibility index (Phi) is 4.21. The summed E-state index contributed by atoms with van der Waals surface area (Å²) in [6, 6.07) is 43.2. The quantitative estimate of drug-likeness (QED) is 0.127. The van der Waals surface area contributed by atoms with Gasteiger partial charge < -0.3 is 4.40 Å².